The second kappa shape index (κ2) is 5.87. The van der Waals surface area contributed by atoms with E-state index < -0.39 is 0 Å². The smallest absolute Gasteiger partial charge is 0.251 e. The van der Waals surface area contributed by atoms with E-state index in [1.165, 1.54) is 23.4 Å². The zero-order valence-electron chi connectivity index (χ0n) is 11.7. The molecule has 3 rings (SSSR count). The average molecular weight is 282 g/mol. The number of carbonyl (C=O) groups is 1. The summed E-state index contributed by atoms with van der Waals surface area (Å²) in [7, 11) is 0. The van der Waals surface area contributed by atoms with E-state index in [9.17, 15) is 9.90 Å². The van der Waals surface area contributed by atoms with Crippen LogP contribution in [0.3, 0.4) is 0 Å². The molecule has 21 heavy (non-hydrogen) atoms. The monoisotopic (exact) mass is 282 g/mol. The maximum atomic E-state index is 12.0. The van der Waals surface area contributed by atoms with Gasteiger partial charge in [-0.3, -0.25) is 4.79 Å². The number of benzene rings is 2. The first-order valence-electron chi connectivity index (χ1n) is 7.14. The lowest BCUT2D eigenvalue weighted by Crippen LogP contribution is -2.25. The Bertz CT molecular complexity index is 637. The molecule has 2 aromatic rings. The molecule has 0 fully saturated rings. The van der Waals surface area contributed by atoms with E-state index in [-0.39, 0.29) is 11.7 Å². The predicted octanol–water partition coefficient (Wildman–Crippen LogP) is 2.72. The molecule has 0 aromatic heterocycles. The minimum absolute atomic E-state index is 0.103. The zero-order valence-corrected chi connectivity index (χ0v) is 11.7. The standard InChI is InChI=1S/C17H18N2O2/c20-14-7-5-12(6-8-14)17(21)18-10-9-13-11-19-16-4-2-1-3-15(13)16/h1-8,13,19-20H,9-11H2,(H,18,21). The van der Waals surface area contributed by atoms with E-state index in [4.69, 9.17) is 0 Å². The van der Waals surface area contributed by atoms with Crippen LogP contribution < -0.4 is 10.6 Å². The third-order valence-electron chi connectivity index (χ3n) is 3.85. The summed E-state index contributed by atoms with van der Waals surface area (Å²) in [6, 6.07) is 14.6. The number of phenolic OH excluding ortho intramolecular Hbond substituents is 1. The summed E-state index contributed by atoms with van der Waals surface area (Å²) < 4.78 is 0. The second-order valence-electron chi connectivity index (χ2n) is 5.26. The van der Waals surface area contributed by atoms with E-state index in [1.54, 1.807) is 12.1 Å². The van der Waals surface area contributed by atoms with Crippen molar-refractivity contribution in [1.29, 1.82) is 0 Å². The molecule has 1 amide bonds. The van der Waals surface area contributed by atoms with Gasteiger partial charge < -0.3 is 15.7 Å². The Kier molecular flexibility index (Phi) is 3.77. The summed E-state index contributed by atoms with van der Waals surface area (Å²) in [5.74, 6) is 0.510. The molecule has 1 heterocycles. The number of hydrogen-bond acceptors (Lipinski definition) is 3. The zero-order chi connectivity index (χ0) is 14.7. The summed E-state index contributed by atoms with van der Waals surface area (Å²) >= 11 is 0. The number of aromatic hydroxyl groups is 1. The lowest BCUT2D eigenvalue weighted by Gasteiger charge is -2.11. The number of para-hydroxylation sites is 1. The third kappa shape index (κ3) is 2.99. The number of nitrogens with one attached hydrogen (secondary N) is 2. The molecule has 0 bridgehead atoms. The molecule has 0 spiro atoms. The average Bonchev–Trinajstić information content (AvgIpc) is 2.91. The minimum Gasteiger partial charge on any atom is -0.508 e. The van der Waals surface area contributed by atoms with Crippen molar-refractivity contribution in [2.24, 2.45) is 0 Å². The van der Waals surface area contributed by atoms with E-state index >= 15 is 0 Å². The van der Waals surface area contributed by atoms with Crippen LogP contribution in [0.4, 0.5) is 5.69 Å². The largest absolute Gasteiger partial charge is 0.508 e. The number of carbonyl (C=O) groups excluding carboxylic acids is 1. The van der Waals surface area contributed by atoms with Crippen LogP contribution in [0, 0.1) is 0 Å². The van der Waals surface area contributed by atoms with Crippen molar-refractivity contribution < 1.29 is 9.90 Å². The van der Waals surface area contributed by atoms with Gasteiger partial charge in [-0.25, -0.2) is 0 Å². The van der Waals surface area contributed by atoms with Crippen molar-refractivity contribution in [3.05, 3.63) is 59.7 Å². The first-order valence-corrected chi connectivity index (χ1v) is 7.14. The van der Waals surface area contributed by atoms with Crippen molar-refractivity contribution in [3.8, 4) is 5.75 Å². The van der Waals surface area contributed by atoms with Crippen molar-refractivity contribution >= 4 is 11.6 Å². The van der Waals surface area contributed by atoms with E-state index in [0.717, 1.165) is 13.0 Å². The van der Waals surface area contributed by atoms with Gasteiger partial charge in [-0.2, -0.15) is 0 Å². The summed E-state index contributed by atoms with van der Waals surface area (Å²) in [6.07, 6.45) is 0.911. The Labute approximate surface area is 123 Å². The van der Waals surface area contributed by atoms with E-state index in [0.29, 0.717) is 18.0 Å². The number of amides is 1. The fourth-order valence-electron chi connectivity index (χ4n) is 2.69. The van der Waals surface area contributed by atoms with Gasteiger partial charge >= 0.3 is 0 Å². The molecular weight excluding hydrogens is 264 g/mol. The first-order chi connectivity index (χ1) is 10.2. The van der Waals surface area contributed by atoms with Crippen molar-refractivity contribution in [2.45, 2.75) is 12.3 Å². The van der Waals surface area contributed by atoms with E-state index in [1.807, 2.05) is 12.1 Å². The van der Waals surface area contributed by atoms with Gasteiger partial charge in [-0.05, 0) is 42.3 Å². The molecule has 0 saturated carbocycles. The highest BCUT2D eigenvalue weighted by Crippen LogP contribution is 2.32. The molecule has 4 nitrogen and oxygen atoms in total. The molecule has 1 unspecified atom stereocenters. The van der Waals surface area contributed by atoms with Gasteiger partial charge in [-0.1, -0.05) is 18.2 Å². The maximum Gasteiger partial charge on any atom is 0.251 e. The molecule has 0 saturated heterocycles. The van der Waals surface area contributed by atoms with Gasteiger partial charge in [0, 0.05) is 30.3 Å². The SMILES string of the molecule is O=C(NCCC1CNc2ccccc21)c1ccc(O)cc1. The van der Waals surface area contributed by atoms with Gasteiger partial charge in [0.2, 0.25) is 0 Å². The van der Waals surface area contributed by atoms with Crippen molar-refractivity contribution in [2.75, 3.05) is 18.4 Å². The normalized spacial score (nSPS) is 16.1. The number of hydrogen-bond donors (Lipinski definition) is 3. The van der Waals surface area contributed by atoms with Crippen LogP contribution in [0.15, 0.2) is 48.5 Å². The molecule has 4 heteroatoms. The summed E-state index contributed by atoms with van der Waals surface area (Å²) in [6.45, 7) is 1.56. The molecule has 3 N–H and O–H groups in total. The number of rotatable bonds is 4. The Balaban J connectivity index is 1.53. The lowest BCUT2D eigenvalue weighted by atomic mass is 9.98. The number of fused-ring (bicyclic) bond motifs is 1. The Morgan fingerprint density at radius 1 is 1.19 bits per heavy atom. The molecular formula is C17H18N2O2. The van der Waals surface area contributed by atoms with E-state index in [2.05, 4.69) is 22.8 Å². The van der Waals surface area contributed by atoms with Gasteiger partial charge in [0.25, 0.3) is 5.91 Å². The first kappa shape index (κ1) is 13.5. The van der Waals surface area contributed by atoms with Gasteiger partial charge in [-0.15, -0.1) is 0 Å². The van der Waals surface area contributed by atoms with Crippen LogP contribution in [0.5, 0.6) is 5.75 Å². The molecule has 1 aliphatic rings. The minimum atomic E-state index is -0.103. The molecule has 0 radical (unpaired) electrons. The van der Waals surface area contributed by atoms with Crippen LogP contribution in [-0.4, -0.2) is 24.1 Å². The van der Waals surface area contributed by atoms with Crippen LogP contribution >= 0.6 is 0 Å². The van der Waals surface area contributed by atoms with Crippen LogP contribution in [-0.2, 0) is 0 Å². The van der Waals surface area contributed by atoms with Crippen molar-refractivity contribution in [3.63, 3.8) is 0 Å². The molecule has 108 valence electrons. The molecule has 0 aliphatic carbocycles. The number of anilines is 1. The Morgan fingerprint density at radius 3 is 2.76 bits per heavy atom. The van der Waals surface area contributed by atoms with Gasteiger partial charge in [0.05, 0.1) is 0 Å². The van der Waals surface area contributed by atoms with Gasteiger partial charge in [0.15, 0.2) is 0 Å². The second-order valence-corrected chi connectivity index (χ2v) is 5.26. The predicted molar refractivity (Wildman–Crippen MR) is 82.7 cm³/mol. The fourth-order valence-corrected chi connectivity index (χ4v) is 2.69. The molecule has 1 atom stereocenters. The topological polar surface area (TPSA) is 61.4 Å². The summed E-state index contributed by atoms with van der Waals surface area (Å²) in [4.78, 5) is 12.0. The quantitative estimate of drug-likeness (QED) is 0.808. The van der Waals surface area contributed by atoms with Crippen LogP contribution in [0.25, 0.3) is 0 Å². The third-order valence-corrected chi connectivity index (χ3v) is 3.85. The number of phenols is 1. The van der Waals surface area contributed by atoms with Crippen molar-refractivity contribution in [1.82, 2.24) is 5.32 Å². The van der Waals surface area contributed by atoms with Crippen LogP contribution in [0.1, 0.15) is 28.3 Å². The lowest BCUT2D eigenvalue weighted by molar-refractivity contribution is 0.0952. The highest BCUT2D eigenvalue weighted by molar-refractivity contribution is 5.94. The maximum absolute atomic E-state index is 12.0. The summed E-state index contributed by atoms with van der Waals surface area (Å²) in [5.41, 5.74) is 3.10. The van der Waals surface area contributed by atoms with Gasteiger partial charge in [0.1, 0.15) is 5.75 Å². The van der Waals surface area contributed by atoms with Crippen LogP contribution in [0.2, 0.25) is 0 Å². The molecule has 1 aliphatic heterocycles. The highest BCUT2D eigenvalue weighted by Gasteiger charge is 2.21. The Morgan fingerprint density at radius 2 is 1.95 bits per heavy atom. The summed E-state index contributed by atoms with van der Waals surface area (Å²) in [5, 5.41) is 15.5. The highest BCUT2D eigenvalue weighted by atomic mass is 16.3. The Hall–Kier alpha value is -2.49. The molecule has 2 aromatic carbocycles. The fraction of sp³-hybridized carbons (Fsp3) is 0.235.